The zero-order chi connectivity index (χ0) is 12.4. The molecule has 1 aromatic rings. The van der Waals surface area contributed by atoms with Crippen molar-refractivity contribution >= 4 is 12.1 Å². The van der Waals surface area contributed by atoms with Crippen molar-refractivity contribution in [1.82, 2.24) is 4.90 Å². The first kappa shape index (κ1) is 11.4. The molecule has 1 heterocycles. The largest absolute Gasteiger partial charge is 0.479 e. The van der Waals surface area contributed by atoms with E-state index in [0.717, 1.165) is 5.56 Å². The summed E-state index contributed by atoms with van der Waals surface area (Å²) >= 11 is 0. The highest BCUT2D eigenvalue weighted by atomic mass is 16.5. The van der Waals surface area contributed by atoms with E-state index in [9.17, 15) is 14.7 Å². The monoisotopic (exact) mass is 235 g/mol. The van der Waals surface area contributed by atoms with Gasteiger partial charge in [-0.2, -0.15) is 0 Å². The molecule has 0 spiro atoms. The Morgan fingerprint density at radius 2 is 2.12 bits per heavy atom. The zero-order valence-electron chi connectivity index (χ0n) is 9.42. The minimum atomic E-state index is -1.04. The average Bonchev–Trinajstić information content (AvgIpc) is 2.36. The Hall–Kier alpha value is -2.04. The Bertz CT molecular complexity index is 458. The number of hydrogen-bond donors (Lipinski definition) is 1. The van der Waals surface area contributed by atoms with Gasteiger partial charge in [-0.1, -0.05) is 24.3 Å². The van der Waals surface area contributed by atoms with Crippen molar-refractivity contribution in [3.05, 3.63) is 35.4 Å². The van der Waals surface area contributed by atoms with E-state index in [-0.39, 0.29) is 0 Å². The highest BCUT2D eigenvalue weighted by Crippen LogP contribution is 2.30. The summed E-state index contributed by atoms with van der Waals surface area (Å²) < 4.78 is 4.61. The van der Waals surface area contributed by atoms with Crippen LogP contribution in [0.3, 0.4) is 0 Å². The van der Waals surface area contributed by atoms with Gasteiger partial charge in [0.25, 0.3) is 0 Å². The van der Waals surface area contributed by atoms with Gasteiger partial charge in [-0.15, -0.1) is 0 Å². The third-order valence-corrected chi connectivity index (χ3v) is 2.93. The molecule has 5 heteroatoms. The Labute approximate surface area is 98.6 Å². The second kappa shape index (κ2) is 4.45. The van der Waals surface area contributed by atoms with Crippen LogP contribution in [-0.2, 0) is 16.0 Å². The topological polar surface area (TPSA) is 66.8 Å². The molecular weight excluding hydrogens is 222 g/mol. The van der Waals surface area contributed by atoms with E-state index in [0.29, 0.717) is 18.5 Å². The fourth-order valence-electron chi connectivity index (χ4n) is 2.15. The second-order valence-electron chi connectivity index (χ2n) is 3.85. The lowest BCUT2D eigenvalue weighted by Gasteiger charge is -2.33. The molecule has 0 saturated heterocycles. The predicted octanol–water partition coefficient (Wildman–Crippen LogP) is 1.44. The summed E-state index contributed by atoms with van der Waals surface area (Å²) in [7, 11) is 1.25. The lowest BCUT2D eigenvalue weighted by molar-refractivity contribution is -0.143. The van der Waals surface area contributed by atoms with E-state index < -0.39 is 18.1 Å². The summed E-state index contributed by atoms with van der Waals surface area (Å²) in [5, 5.41) is 9.25. The van der Waals surface area contributed by atoms with Crippen LogP contribution in [0.15, 0.2) is 24.3 Å². The number of rotatable bonds is 1. The summed E-state index contributed by atoms with van der Waals surface area (Å²) in [5.74, 6) is -1.04. The number of fused-ring (bicyclic) bond motifs is 1. The van der Waals surface area contributed by atoms with E-state index in [1.807, 2.05) is 12.1 Å². The first-order chi connectivity index (χ1) is 8.15. The number of ether oxygens (including phenoxy) is 1. The quantitative estimate of drug-likeness (QED) is 0.799. The number of methoxy groups -OCH3 is 1. The van der Waals surface area contributed by atoms with E-state index in [1.54, 1.807) is 12.1 Å². The van der Waals surface area contributed by atoms with E-state index in [1.165, 1.54) is 12.0 Å². The number of carboxylic acid groups (broad SMARTS) is 1. The molecule has 0 aliphatic carbocycles. The van der Waals surface area contributed by atoms with Gasteiger partial charge in [-0.25, -0.2) is 9.59 Å². The maximum absolute atomic E-state index is 11.5. The average molecular weight is 235 g/mol. The fraction of sp³-hybridized carbons (Fsp3) is 0.333. The SMILES string of the molecule is COC(=O)N1CCc2ccccc2[C@@H]1C(=O)O. The van der Waals surface area contributed by atoms with Gasteiger partial charge in [0.2, 0.25) is 0 Å². The van der Waals surface area contributed by atoms with Gasteiger partial charge >= 0.3 is 12.1 Å². The summed E-state index contributed by atoms with van der Waals surface area (Å²) in [6.45, 7) is 0.362. The van der Waals surface area contributed by atoms with Crippen LogP contribution >= 0.6 is 0 Å². The van der Waals surface area contributed by atoms with Gasteiger partial charge in [0.15, 0.2) is 6.04 Å². The molecule has 0 unspecified atom stereocenters. The lowest BCUT2D eigenvalue weighted by Crippen LogP contribution is -2.43. The van der Waals surface area contributed by atoms with Crippen molar-refractivity contribution < 1.29 is 19.4 Å². The maximum atomic E-state index is 11.5. The van der Waals surface area contributed by atoms with Crippen molar-refractivity contribution in [2.75, 3.05) is 13.7 Å². The minimum Gasteiger partial charge on any atom is -0.479 e. The van der Waals surface area contributed by atoms with Gasteiger partial charge in [0.1, 0.15) is 0 Å². The van der Waals surface area contributed by atoms with Crippen LogP contribution in [0.4, 0.5) is 4.79 Å². The molecule has 17 heavy (non-hydrogen) atoms. The van der Waals surface area contributed by atoms with Gasteiger partial charge < -0.3 is 9.84 Å². The van der Waals surface area contributed by atoms with Crippen LogP contribution in [0.5, 0.6) is 0 Å². The van der Waals surface area contributed by atoms with Crippen LogP contribution in [0.25, 0.3) is 0 Å². The van der Waals surface area contributed by atoms with Crippen LogP contribution in [0, 0.1) is 0 Å². The molecule has 1 amide bonds. The van der Waals surface area contributed by atoms with E-state index >= 15 is 0 Å². The summed E-state index contributed by atoms with van der Waals surface area (Å²) in [5.41, 5.74) is 1.64. The first-order valence-corrected chi connectivity index (χ1v) is 5.30. The lowest BCUT2D eigenvalue weighted by atomic mass is 9.93. The highest BCUT2D eigenvalue weighted by molar-refractivity contribution is 5.82. The van der Waals surface area contributed by atoms with Gasteiger partial charge in [-0.05, 0) is 17.5 Å². The Morgan fingerprint density at radius 3 is 2.76 bits per heavy atom. The molecule has 1 atom stereocenters. The molecular formula is C12H13NO4. The number of aliphatic carboxylic acids is 1. The number of nitrogens with zero attached hydrogens (tertiary/aromatic N) is 1. The first-order valence-electron chi connectivity index (χ1n) is 5.30. The number of carbonyl (C=O) groups excluding carboxylic acids is 1. The molecule has 0 fully saturated rings. The van der Waals surface area contributed by atoms with Crippen molar-refractivity contribution in [2.24, 2.45) is 0 Å². The smallest absolute Gasteiger partial charge is 0.410 e. The Morgan fingerprint density at radius 1 is 1.41 bits per heavy atom. The number of amides is 1. The molecule has 90 valence electrons. The normalized spacial score (nSPS) is 18.4. The van der Waals surface area contributed by atoms with E-state index in [2.05, 4.69) is 4.74 Å². The molecule has 0 aromatic heterocycles. The highest BCUT2D eigenvalue weighted by Gasteiger charge is 2.36. The standard InChI is InChI=1S/C12H13NO4/c1-17-12(16)13-7-6-8-4-2-3-5-9(8)10(13)11(14)15/h2-5,10H,6-7H2,1H3,(H,14,15)/t10-/m1/s1. The third kappa shape index (κ3) is 1.95. The molecule has 1 aromatic carbocycles. The molecule has 1 N–H and O–H groups in total. The van der Waals surface area contributed by atoms with Crippen LogP contribution in [0.1, 0.15) is 17.2 Å². The Balaban J connectivity index is 2.43. The van der Waals surface area contributed by atoms with E-state index in [4.69, 9.17) is 0 Å². The number of carboxylic acids is 1. The molecule has 0 radical (unpaired) electrons. The summed E-state index contributed by atoms with van der Waals surface area (Å²) in [6.07, 6.45) is 0.0432. The van der Waals surface area contributed by atoms with Crippen LogP contribution in [0.2, 0.25) is 0 Å². The number of benzene rings is 1. The van der Waals surface area contributed by atoms with Crippen LogP contribution < -0.4 is 0 Å². The Kier molecular flexibility index (Phi) is 2.99. The van der Waals surface area contributed by atoms with Crippen molar-refractivity contribution in [2.45, 2.75) is 12.5 Å². The molecule has 1 aliphatic heterocycles. The van der Waals surface area contributed by atoms with Crippen LogP contribution in [-0.4, -0.2) is 35.7 Å². The van der Waals surface area contributed by atoms with Crippen molar-refractivity contribution in [3.63, 3.8) is 0 Å². The third-order valence-electron chi connectivity index (χ3n) is 2.93. The van der Waals surface area contributed by atoms with Gasteiger partial charge in [0, 0.05) is 6.54 Å². The number of carbonyl (C=O) groups is 2. The number of hydrogen-bond acceptors (Lipinski definition) is 3. The van der Waals surface area contributed by atoms with Gasteiger partial charge in [-0.3, -0.25) is 4.90 Å². The van der Waals surface area contributed by atoms with Crippen molar-refractivity contribution in [1.29, 1.82) is 0 Å². The second-order valence-corrected chi connectivity index (χ2v) is 3.85. The zero-order valence-corrected chi connectivity index (χ0v) is 9.42. The maximum Gasteiger partial charge on any atom is 0.410 e. The summed E-state index contributed by atoms with van der Waals surface area (Å²) in [4.78, 5) is 24.1. The molecule has 0 saturated carbocycles. The summed E-state index contributed by atoms with van der Waals surface area (Å²) in [6, 6.07) is 6.32. The van der Waals surface area contributed by atoms with Crippen molar-refractivity contribution in [3.8, 4) is 0 Å². The molecule has 0 bridgehead atoms. The predicted molar refractivity (Wildman–Crippen MR) is 59.6 cm³/mol. The molecule has 2 rings (SSSR count). The minimum absolute atomic E-state index is 0.362. The fourth-order valence-corrected chi connectivity index (χ4v) is 2.15. The molecule has 1 aliphatic rings. The van der Waals surface area contributed by atoms with Gasteiger partial charge in [0.05, 0.1) is 7.11 Å². The molecule has 5 nitrogen and oxygen atoms in total.